The van der Waals surface area contributed by atoms with Crippen molar-refractivity contribution in [2.75, 3.05) is 39.8 Å². The molecule has 2 rings (SSSR count). The van der Waals surface area contributed by atoms with Crippen molar-refractivity contribution in [3.05, 3.63) is 0 Å². The van der Waals surface area contributed by atoms with Crippen molar-refractivity contribution in [1.82, 2.24) is 20.4 Å². The van der Waals surface area contributed by atoms with E-state index in [-0.39, 0.29) is 36.1 Å². The maximum Gasteiger partial charge on any atom is 0.407 e. The SMILES string of the molecule is CN=C(NCC(C)N1CCC(C)CC1)N1CCC(NC(=O)OC(C)(C)C)C1.I. The van der Waals surface area contributed by atoms with Gasteiger partial charge in [-0.15, -0.1) is 24.0 Å². The fourth-order valence-corrected chi connectivity index (χ4v) is 3.71. The molecule has 0 aromatic heterocycles. The number of carbonyl (C=O) groups is 1. The fraction of sp³-hybridized carbons (Fsp3) is 0.900. The number of rotatable bonds is 4. The lowest BCUT2D eigenvalue weighted by molar-refractivity contribution is 0.0507. The maximum absolute atomic E-state index is 12.0. The number of piperidine rings is 1. The number of halogens is 1. The molecule has 8 heteroatoms. The van der Waals surface area contributed by atoms with Crippen LogP contribution in [0.15, 0.2) is 4.99 Å². The van der Waals surface area contributed by atoms with Crippen molar-refractivity contribution in [1.29, 1.82) is 0 Å². The second kappa shape index (κ2) is 11.4. The number of guanidine groups is 1. The summed E-state index contributed by atoms with van der Waals surface area (Å²) < 4.78 is 5.36. The predicted molar refractivity (Wildman–Crippen MR) is 126 cm³/mol. The van der Waals surface area contributed by atoms with Gasteiger partial charge in [0.05, 0.1) is 6.04 Å². The molecule has 0 saturated carbocycles. The summed E-state index contributed by atoms with van der Waals surface area (Å²) in [4.78, 5) is 21.2. The van der Waals surface area contributed by atoms with Crippen molar-refractivity contribution in [3.8, 4) is 0 Å². The number of likely N-dealkylation sites (tertiary alicyclic amines) is 2. The summed E-state index contributed by atoms with van der Waals surface area (Å²) in [5.74, 6) is 1.77. The number of nitrogens with one attached hydrogen (secondary N) is 2. The first-order valence-electron chi connectivity index (χ1n) is 10.4. The zero-order valence-corrected chi connectivity index (χ0v) is 20.8. The number of hydrogen-bond acceptors (Lipinski definition) is 4. The third kappa shape index (κ3) is 8.31. The van der Waals surface area contributed by atoms with Crippen LogP contribution in [0.2, 0.25) is 0 Å². The summed E-state index contributed by atoms with van der Waals surface area (Å²) in [5, 5.41) is 6.49. The Labute approximate surface area is 188 Å². The van der Waals surface area contributed by atoms with Crippen LogP contribution in [-0.4, -0.2) is 79.3 Å². The summed E-state index contributed by atoms with van der Waals surface area (Å²) in [5.41, 5.74) is -0.470. The number of ether oxygens (including phenoxy) is 1. The molecule has 2 unspecified atom stereocenters. The lowest BCUT2D eigenvalue weighted by Gasteiger charge is -2.35. The van der Waals surface area contributed by atoms with E-state index in [1.807, 2.05) is 27.8 Å². The van der Waals surface area contributed by atoms with Crippen LogP contribution in [0, 0.1) is 5.92 Å². The summed E-state index contributed by atoms with van der Waals surface area (Å²) in [6.07, 6.45) is 3.15. The molecule has 0 aromatic rings. The largest absolute Gasteiger partial charge is 0.444 e. The van der Waals surface area contributed by atoms with Gasteiger partial charge in [0, 0.05) is 32.7 Å². The van der Waals surface area contributed by atoms with Crippen LogP contribution in [0.5, 0.6) is 0 Å². The Kier molecular flexibility index (Phi) is 10.3. The minimum absolute atomic E-state index is 0. The van der Waals surface area contributed by atoms with Crippen LogP contribution in [0.4, 0.5) is 4.79 Å². The second-order valence-corrected chi connectivity index (χ2v) is 9.07. The second-order valence-electron chi connectivity index (χ2n) is 9.07. The van der Waals surface area contributed by atoms with Crippen LogP contribution in [-0.2, 0) is 4.74 Å². The number of amides is 1. The molecule has 2 fully saturated rings. The molecule has 0 aromatic carbocycles. The van der Waals surface area contributed by atoms with Gasteiger partial charge in [0.1, 0.15) is 5.60 Å². The van der Waals surface area contributed by atoms with Gasteiger partial charge in [-0.1, -0.05) is 6.92 Å². The molecule has 2 aliphatic rings. The Morgan fingerprint density at radius 2 is 1.86 bits per heavy atom. The van der Waals surface area contributed by atoms with Crippen molar-refractivity contribution in [3.63, 3.8) is 0 Å². The van der Waals surface area contributed by atoms with E-state index < -0.39 is 5.60 Å². The van der Waals surface area contributed by atoms with Crippen molar-refractivity contribution >= 4 is 36.0 Å². The normalized spacial score (nSPS) is 23.1. The average molecular weight is 509 g/mol. The Hall–Kier alpha value is -0.770. The van der Waals surface area contributed by atoms with Crippen LogP contribution in [0.25, 0.3) is 0 Å². The quantitative estimate of drug-likeness (QED) is 0.347. The molecule has 2 aliphatic heterocycles. The van der Waals surface area contributed by atoms with Gasteiger partial charge in [-0.3, -0.25) is 9.89 Å². The highest BCUT2D eigenvalue weighted by atomic mass is 127. The number of aliphatic imine (C=N–C) groups is 1. The Morgan fingerprint density at radius 1 is 1.21 bits per heavy atom. The molecule has 28 heavy (non-hydrogen) atoms. The van der Waals surface area contributed by atoms with E-state index in [1.165, 1.54) is 25.9 Å². The lowest BCUT2D eigenvalue weighted by Crippen LogP contribution is -2.49. The maximum atomic E-state index is 12.0. The van der Waals surface area contributed by atoms with Crippen LogP contribution in [0.3, 0.4) is 0 Å². The molecule has 1 amide bonds. The van der Waals surface area contributed by atoms with Gasteiger partial charge in [-0.05, 0) is 66.0 Å². The molecule has 2 saturated heterocycles. The Bertz CT molecular complexity index is 515. The molecular weight excluding hydrogens is 469 g/mol. The van der Waals surface area contributed by atoms with Gasteiger partial charge in [0.25, 0.3) is 0 Å². The number of nitrogens with zero attached hydrogens (tertiary/aromatic N) is 3. The van der Waals surface area contributed by atoms with Crippen LogP contribution >= 0.6 is 24.0 Å². The van der Waals surface area contributed by atoms with Crippen molar-refractivity contribution in [2.45, 2.75) is 71.6 Å². The molecule has 0 aliphatic carbocycles. The van der Waals surface area contributed by atoms with Gasteiger partial charge in [0.15, 0.2) is 5.96 Å². The summed E-state index contributed by atoms with van der Waals surface area (Å²) in [6, 6.07) is 0.590. The summed E-state index contributed by atoms with van der Waals surface area (Å²) >= 11 is 0. The number of carbonyl (C=O) groups excluding carboxylic acids is 1. The van der Waals surface area contributed by atoms with Crippen LogP contribution < -0.4 is 10.6 Å². The van der Waals surface area contributed by atoms with E-state index in [9.17, 15) is 4.79 Å². The van der Waals surface area contributed by atoms with E-state index in [0.29, 0.717) is 6.04 Å². The Morgan fingerprint density at radius 3 is 2.43 bits per heavy atom. The highest BCUT2D eigenvalue weighted by Crippen LogP contribution is 2.18. The number of hydrogen-bond donors (Lipinski definition) is 2. The first-order chi connectivity index (χ1) is 12.7. The first-order valence-corrected chi connectivity index (χ1v) is 10.4. The summed E-state index contributed by atoms with van der Waals surface area (Å²) in [6.45, 7) is 15.2. The lowest BCUT2D eigenvalue weighted by atomic mass is 9.98. The highest BCUT2D eigenvalue weighted by Gasteiger charge is 2.28. The van der Waals surface area contributed by atoms with Gasteiger partial charge in [-0.25, -0.2) is 4.79 Å². The Balaban J connectivity index is 0.00000392. The van der Waals surface area contributed by atoms with E-state index in [1.54, 1.807) is 0 Å². The topological polar surface area (TPSA) is 69.2 Å². The third-order valence-corrected chi connectivity index (χ3v) is 5.42. The molecule has 2 N–H and O–H groups in total. The standard InChI is InChI=1S/C20H39N5O2.HI/c1-15-7-10-24(11-8-15)16(2)13-22-18(21-6)25-12-9-17(14-25)23-19(26)27-20(3,4)5;/h15-17H,7-14H2,1-6H3,(H,21,22)(H,23,26);1H. The predicted octanol–water partition coefficient (Wildman–Crippen LogP) is 2.90. The third-order valence-electron chi connectivity index (χ3n) is 5.42. The minimum atomic E-state index is -0.470. The monoisotopic (exact) mass is 509 g/mol. The van der Waals surface area contributed by atoms with Crippen molar-refractivity contribution in [2.24, 2.45) is 10.9 Å². The zero-order chi connectivity index (χ0) is 20.0. The van der Waals surface area contributed by atoms with E-state index >= 15 is 0 Å². The highest BCUT2D eigenvalue weighted by molar-refractivity contribution is 14.0. The van der Waals surface area contributed by atoms with Gasteiger partial charge >= 0.3 is 6.09 Å². The molecule has 0 spiro atoms. The van der Waals surface area contributed by atoms with Gasteiger partial charge < -0.3 is 20.3 Å². The molecule has 2 atom stereocenters. The molecule has 164 valence electrons. The molecule has 0 radical (unpaired) electrons. The number of alkyl carbamates (subject to hydrolysis) is 1. The fourth-order valence-electron chi connectivity index (χ4n) is 3.71. The average Bonchev–Trinajstić information content (AvgIpc) is 3.02. The smallest absolute Gasteiger partial charge is 0.407 e. The first kappa shape index (κ1) is 25.3. The van der Waals surface area contributed by atoms with E-state index in [2.05, 4.69) is 39.3 Å². The van der Waals surface area contributed by atoms with Crippen molar-refractivity contribution < 1.29 is 9.53 Å². The van der Waals surface area contributed by atoms with Gasteiger partial charge in [0.2, 0.25) is 0 Å². The zero-order valence-electron chi connectivity index (χ0n) is 18.5. The summed E-state index contributed by atoms with van der Waals surface area (Å²) in [7, 11) is 1.82. The minimum Gasteiger partial charge on any atom is -0.444 e. The van der Waals surface area contributed by atoms with Crippen LogP contribution in [0.1, 0.15) is 53.9 Å². The molecule has 7 nitrogen and oxygen atoms in total. The molecule has 2 heterocycles. The van der Waals surface area contributed by atoms with E-state index in [0.717, 1.165) is 37.9 Å². The molecular formula is C20H40IN5O2. The van der Waals surface area contributed by atoms with Gasteiger partial charge in [-0.2, -0.15) is 0 Å². The van der Waals surface area contributed by atoms with E-state index in [4.69, 9.17) is 4.74 Å². The molecule has 0 bridgehead atoms.